The van der Waals surface area contributed by atoms with Crippen molar-refractivity contribution in [2.75, 3.05) is 7.11 Å². The standard InChI is InChI=1S/C18H18O2/c1-20-17-8-4-5-13(10-17)9-16-11-14-6-2-3-7-15(14)12-18(16)19/h2-8,10,16H,9,11-12H2,1H3. The van der Waals surface area contributed by atoms with E-state index in [1.807, 2.05) is 24.3 Å². The van der Waals surface area contributed by atoms with Crippen molar-refractivity contribution >= 4 is 5.78 Å². The molecule has 0 saturated carbocycles. The van der Waals surface area contributed by atoms with Crippen LogP contribution in [-0.2, 0) is 24.1 Å². The van der Waals surface area contributed by atoms with Crippen LogP contribution in [0.3, 0.4) is 0 Å². The van der Waals surface area contributed by atoms with E-state index >= 15 is 0 Å². The van der Waals surface area contributed by atoms with Gasteiger partial charge in [0.2, 0.25) is 0 Å². The van der Waals surface area contributed by atoms with E-state index in [1.54, 1.807) is 7.11 Å². The van der Waals surface area contributed by atoms with Crippen molar-refractivity contribution in [1.82, 2.24) is 0 Å². The van der Waals surface area contributed by atoms with Gasteiger partial charge in [0.25, 0.3) is 0 Å². The van der Waals surface area contributed by atoms with Crippen LogP contribution in [0.2, 0.25) is 0 Å². The van der Waals surface area contributed by atoms with Gasteiger partial charge in [-0.25, -0.2) is 0 Å². The average Bonchev–Trinajstić information content (AvgIpc) is 2.48. The molecule has 0 fully saturated rings. The number of rotatable bonds is 3. The fraction of sp³-hybridized carbons (Fsp3) is 0.278. The molecule has 2 heteroatoms. The van der Waals surface area contributed by atoms with E-state index in [1.165, 1.54) is 16.7 Å². The molecule has 3 rings (SSSR count). The van der Waals surface area contributed by atoms with Crippen LogP contribution < -0.4 is 4.74 Å². The van der Waals surface area contributed by atoms with Gasteiger partial charge in [0.15, 0.2) is 0 Å². The summed E-state index contributed by atoms with van der Waals surface area (Å²) in [5.74, 6) is 1.30. The van der Waals surface area contributed by atoms with Gasteiger partial charge in [0, 0.05) is 12.3 Å². The van der Waals surface area contributed by atoms with Crippen molar-refractivity contribution in [3.63, 3.8) is 0 Å². The molecule has 0 aromatic heterocycles. The van der Waals surface area contributed by atoms with Crippen molar-refractivity contribution in [3.05, 3.63) is 65.2 Å². The van der Waals surface area contributed by atoms with Gasteiger partial charge in [-0.1, -0.05) is 36.4 Å². The summed E-state index contributed by atoms with van der Waals surface area (Å²) in [5.41, 5.74) is 3.68. The Morgan fingerprint density at radius 3 is 2.70 bits per heavy atom. The molecule has 2 nitrogen and oxygen atoms in total. The third-order valence-corrected chi connectivity index (χ3v) is 4.02. The summed E-state index contributed by atoms with van der Waals surface area (Å²) < 4.78 is 5.24. The molecular weight excluding hydrogens is 248 g/mol. The van der Waals surface area contributed by atoms with Crippen LogP contribution in [0.15, 0.2) is 48.5 Å². The van der Waals surface area contributed by atoms with Gasteiger partial charge in [-0.15, -0.1) is 0 Å². The van der Waals surface area contributed by atoms with Crippen molar-refractivity contribution < 1.29 is 9.53 Å². The fourth-order valence-electron chi connectivity index (χ4n) is 2.91. The van der Waals surface area contributed by atoms with E-state index in [2.05, 4.69) is 24.3 Å². The summed E-state index contributed by atoms with van der Waals surface area (Å²) in [6.45, 7) is 0. The molecule has 20 heavy (non-hydrogen) atoms. The van der Waals surface area contributed by atoms with Crippen molar-refractivity contribution in [1.29, 1.82) is 0 Å². The summed E-state index contributed by atoms with van der Waals surface area (Å²) in [7, 11) is 1.67. The molecule has 1 aliphatic carbocycles. The van der Waals surface area contributed by atoms with E-state index in [4.69, 9.17) is 4.74 Å². The maximum absolute atomic E-state index is 12.3. The minimum Gasteiger partial charge on any atom is -0.497 e. The highest BCUT2D eigenvalue weighted by molar-refractivity contribution is 5.85. The van der Waals surface area contributed by atoms with Crippen LogP contribution in [0.25, 0.3) is 0 Å². The van der Waals surface area contributed by atoms with E-state index in [-0.39, 0.29) is 5.92 Å². The molecule has 102 valence electrons. The lowest BCUT2D eigenvalue weighted by atomic mass is 9.80. The molecule has 0 aliphatic heterocycles. The zero-order chi connectivity index (χ0) is 13.9. The monoisotopic (exact) mass is 266 g/mol. The van der Waals surface area contributed by atoms with Gasteiger partial charge >= 0.3 is 0 Å². The summed E-state index contributed by atoms with van der Waals surface area (Å²) in [4.78, 5) is 12.3. The van der Waals surface area contributed by atoms with Gasteiger partial charge in [-0.3, -0.25) is 4.79 Å². The average molecular weight is 266 g/mol. The van der Waals surface area contributed by atoms with Gasteiger partial charge in [0.05, 0.1) is 7.11 Å². The van der Waals surface area contributed by atoms with Crippen molar-refractivity contribution in [2.24, 2.45) is 5.92 Å². The third-order valence-electron chi connectivity index (χ3n) is 4.02. The molecular formula is C18H18O2. The molecule has 2 aromatic rings. The summed E-state index contributed by atoms with van der Waals surface area (Å²) >= 11 is 0. The number of carbonyl (C=O) groups is 1. The molecule has 0 saturated heterocycles. The Morgan fingerprint density at radius 1 is 1.10 bits per heavy atom. The Balaban J connectivity index is 1.79. The molecule has 0 amide bonds. The Bertz CT molecular complexity index is 631. The lowest BCUT2D eigenvalue weighted by Crippen LogP contribution is -2.27. The molecule has 0 spiro atoms. The molecule has 1 unspecified atom stereocenters. The summed E-state index contributed by atoms with van der Waals surface area (Å²) in [5, 5.41) is 0. The van der Waals surface area contributed by atoms with Gasteiger partial charge in [-0.2, -0.15) is 0 Å². The Labute approximate surface area is 119 Å². The smallest absolute Gasteiger partial charge is 0.141 e. The zero-order valence-electron chi connectivity index (χ0n) is 11.6. The van der Waals surface area contributed by atoms with Gasteiger partial charge in [0.1, 0.15) is 11.5 Å². The molecule has 1 aliphatic rings. The number of carbonyl (C=O) groups excluding carboxylic acids is 1. The van der Waals surface area contributed by atoms with Gasteiger partial charge in [-0.05, 0) is 41.7 Å². The molecule has 2 aromatic carbocycles. The Hall–Kier alpha value is -2.09. The predicted octanol–water partition coefficient (Wildman–Crippen LogP) is 3.22. The number of hydrogen-bond donors (Lipinski definition) is 0. The first kappa shape index (κ1) is 12.9. The van der Waals surface area contributed by atoms with Crippen LogP contribution in [-0.4, -0.2) is 12.9 Å². The maximum atomic E-state index is 12.3. The highest BCUT2D eigenvalue weighted by atomic mass is 16.5. The highest BCUT2D eigenvalue weighted by Gasteiger charge is 2.26. The number of fused-ring (bicyclic) bond motifs is 1. The van der Waals surface area contributed by atoms with Crippen LogP contribution in [0.5, 0.6) is 5.75 Å². The number of benzene rings is 2. The summed E-state index contributed by atoms with van der Waals surface area (Å²) in [6, 6.07) is 16.3. The highest BCUT2D eigenvalue weighted by Crippen LogP contribution is 2.26. The second kappa shape index (κ2) is 5.49. The van der Waals surface area contributed by atoms with E-state index in [0.29, 0.717) is 12.2 Å². The molecule has 0 radical (unpaired) electrons. The fourth-order valence-corrected chi connectivity index (χ4v) is 2.91. The zero-order valence-corrected chi connectivity index (χ0v) is 11.6. The first-order valence-corrected chi connectivity index (χ1v) is 6.98. The van der Waals surface area contributed by atoms with E-state index in [0.717, 1.165) is 18.6 Å². The lowest BCUT2D eigenvalue weighted by Gasteiger charge is -2.23. The Kier molecular flexibility index (Phi) is 3.55. The SMILES string of the molecule is COc1cccc(CC2Cc3ccccc3CC2=O)c1. The molecule has 1 atom stereocenters. The molecule has 0 bridgehead atoms. The quantitative estimate of drug-likeness (QED) is 0.852. The van der Waals surface area contributed by atoms with Crippen LogP contribution >= 0.6 is 0 Å². The van der Waals surface area contributed by atoms with E-state index in [9.17, 15) is 4.79 Å². The van der Waals surface area contributed by atoms with Crippen LogP contribution in [0.1, 0.15) is 16.7 Å². The number of methoxy groups -OCH3 is 1. The largest absolute Gasteiger partial charge is 0.497 e. The van der Waals surface area contributed by atoms with Crippen LogP contribution in [0, 0.1) is 5.92 Å². The lowest BCUT2D eigenvalue weighted by molar-refractivity contribution is -0.122. The topological polar surface area (TPSA) is 26.3 Å². The third kappa shape index (κ3) is 2.60. The number of ketones is 1. The van der Waals surface area contributed by atoms with Crippen LogP contribution in [0.4, 0.5) is 0 Å². The first-order chi connectivity index (χ1) is 9.76. The normalized spacial score (nSPS) is 17.6. The Morgan fingerprint density at radius 2 is 1.90 bits per heavy atom. The minimum absolute atomic E-state index is 0.0945. The summed E-state index contributed by atoms with van der Waals surface area (Å²) in [6.07, 6.45) is 2.22. The van der Waals surface area contributed by atoms with Gasteiger partial charge < -0.3 is 4.74 Å². The first-order valence-electron chi connectivity index (χ1n) is 6.98. The predicted molar refractivity (Wildman–Crippen MR) is 79.0 cm³/mol. The number of ether oxygens (including phenoxy) is 1. The molecule has 0 N–H and O–H groups in total. The van der Waals surface area contributed by atoms with Crippen molar-refractivity contribution in [2.45, 2.75) is 19.3 Å². The maximum Gasteiger partial charge on any atom is 0.141 e. The second-order valence-corrected chi connectivity index (χ2v) is 5.37. The molecule has 0 heterocycles. The number of hydrogen-bond acceptors (Lipinski definition) is 2. The van der Waals surface area contributed by atoms with E-state index < -0.39 is 0 Å². The number of Topliss-reactive ketones (excluding diaryl/α,β-unsaturated/α-hetero) is 1. The second-order valence-electron chi connectivity index (χ2n) is 5.37. The minimum atomic E-state index is 0.0945. The van der Waals surface area contributed by atoms with Crippen molar-refractivity contribution in [3.8, 4) is 5.75 Å².